The first kappa shape index (κ1) is 21.4. The van der Waals surface area contributed by atoms with Crippen LogP contribution in [0.3, 0.4) is 0 Å². The van der Waals surface area contributed by atoms with Crippen LogP contribution in [-0.2, 0) is 14.3 Å². The molecule has 0 aliphatic heterocycles. The van der Waals surface area contributed by atoms with Crippen LogP contribution in [0.5, 0.6) is 0 Å². The van der Waals surface area contributed by atoms with E-state index in [0.717, 1.165) is 17.8 Å². The molecule has 0 saturated heterocycles. The molecule has 0 fully saturated rings. The maximum absolute atomic E-state index is 12.1. The molecule has 1 atom stereocenters. The Morgan fingerprint density at radius 2 is 1.82 bits per heavy atom. The third kappa shape index (κ3) is 12.0. The van der Waals surface area contributed by atoms with E-state index in [4.69, 9.17) is 9.47 Å². The minimum absolute atomic E-state index is 0.390. The first-order valence-electron chi connectivity index (χ1n) is 7.67. The molecule has 1 N–H and O–H groups in total. The summed E-state index contributed by atoms with van der Waals surface area (Å²) in [5.41, 5.74) is -0.576. The number of hydrogen-bond acceptors (Lipinski definition) is 4. The Morgan fingerprint density at radius 1 is 1.23 bits per heavy atom. The maximum Gasteiger partial charge on any atom is 0.407 e. The van der Waals surface area contributed by atoms with Gasteiger partial charge in [-0.3, -0.25) is 0 Å². The van der Waals surface area contributed by atoms with E-state index >= 15 is 0 Å². The van der Waals surface area contributed by atoms with Gasteiger partial charge in [0.25, 0.3) is 0 Å². The van der Waals surface area contributed by atoms with Crippen molar-refractivity contribution < 1.29 is 19.1 Å². The second-order valence-corrected chi connectivity index (χ2v) is 13.9. The number of alkyl carbamates (subject to hydrolysis) is 1. The van der Waals surface area contributed by atoms with E-state index in [1.54, 1.807) is 20.8 Å². The van der Waals surface area contributed by atoms with E-state index in [0.29, 0.717) is 13.0 Å². The van der Waals surface area contributed by atoms with Crippen molar-refractivity contribution in [3.63, 3.8) is 0 Å². The molecule has 0 spiro atoms. The number of halogens is 1. The summed E-state index contributed by atoms with van der Waals surface area (Å²) < 4.78 is 10.5. The number of hydrogen-bond donors (Lipinski definition) is 1. The van der Waals surface area contributed by atoms with Gasteiger partial charge in [0.15, 0.2) is 0 Å². The fourth-order valence-corrected chi connectivity index (χ4v) is 2.58. The lowest BCUT2D eigenvalue weighted by atomic mass is 10.1. The number of ether oxygens (including phenoxy) is 2. The van der Waals surface area contributed by atoms with E-state index in [-0.39, 0.29) is 0 Å². The van der Waals surface area contributed by atoms with Crippen molar-refractivity contribution in [2.24, 2.45) is 0 Å². The standard InChI is InChI=1S/C15H30BrNO4Si/c1-15(2,3)21-13(18)12(8-7-9-16)17-14(19)20-10-11-22(4,5)6/h12H,7-11H2,1-6H3,(H,17,19)/t12-/m0/s1. The minimum atomic E-state index is -1.24. The van der Waals surface area contributed by atoms with Gasteiger partial charge in [-0.1, -0.05) is 35.6 Å². The van der Waals surface area contributed by atoms with Crippen molar-refractivity contribution in [2.75, 3.05) is 11.9 Å². The predicted octanol–water partition coefficient (Wildman–Crippen LogP) is 3.94. The van der Waals surface area contributed by atoms with Gasteiger partial charge in [-0.05, 0) is 39.7 Å². The van der Waals surface area contributed by atoms with Crippen LogP contribution in [0, 0.1) is 0 Å². The van der Waals surface area contributed by atoms with Gasteiger partial charge in [-0.2, -0.15) is 0 Å². The lowest BCUT2D eigenvalue weighted by molar-refractivity contribution is -0.157. The Hall–Kier alpha value is -0.563. The number of esters is 1. The average Bonchev–Trinajstić information content (AvgIpc) is 2.30. The highest BCUT2D eigenvalue weighted by Gasteiger charge is 2.27. The molecule has 0 heterocycles. The van der Waals surface area contributed by atoms with Gasteiger partial charge >= 0.3 is 12.1 Å². The van der Waals surface area contributed by atoms with Crippen LogP contribution in [0.15, 0.2) is 0 Å². The number of carbonyl (C=O) groups is 2. The first-order valence-corrected chi connectivity index (χ1v) is 12.5. The molecular weight excluding hydrogens is 366 g/mol. The van der Waals surface area contributed by atoms with Gasteiger partial charge in [0.05, 0.1) is 6.61 Å². The lowest BCUT2D eigenvalue weighted by Gasteiger charge is -2.24. The average molecular weight is 396 g/mol. The zero-order valence-corrected chi connectivity index (χ0v) is 17.2. The Balaban J connectivity index is 4.45. The van der Waals surface area contributed by atoms with E-state index < -0.39 is 31.8 Å². The van der Waals surface area contributed by atoms with E-state index in [1.165, 1.54) is 0 Å². The monoisotopic (exact) mass is 395 g/mol. The molecular formula is C15H30BrNO4Si. The number of amides is 1. The normalized spacial score (nSPS) is 13.4. The summed E-state index contributed by atoms with van der Waals surface area (Å²) in [6, 6.07) is 0.231. The number of carbonyl (C=O) groups excluding carboxylic acids is 2. The van der Waals surface area contributed by atoms with Gasteiger partial charge in [0.2, 0.25) is 0 Å². The van der Waals surface area contributed by atoms with Gasteiger partial charge < -0.3 is 14.8 Å². The molecule has 7 heteroatoms. The molecule has 0 aliphatic rings. The number of alkyl halides is 1. The van der Waals surface area contributed by atoms with E-state index in [9.17, 15) is 9.59 Å². The van der Waals surface area contributed by atoms with Crippen molar-refractivity contribution in [3.8, 4) is 0 Å². The third-order valence-corrected chi connectivity index (χ3v) is 4.96. The summed E-state index contributed by atoms with van der Waals surface area (Å²) in [4.78, 5) is 24.0. The molecule has 0 aromatic rings. The largest absolute Gasteiger partial charge is 0.458 e. The zero-order valence-electron chi connectivity index (χ0n) is 14.6. The van der Waals surface area contributed by atoms with Crippen molar-refractivity contribution in [3.05, 3.63) is 0 Å². The van der Waals surface area contributed by atoms with Crippen LogP contribution in [0.4, 0.5) is 4.79 Å². The van der Waals surface area contributed by atoms with Gasteiger partial charge in [0.1, 0.15) is 11.6 Å². The Bertz CT molecular complexity index is 364. The molecule has 130 valence electrons. The molecule has 0 aliphatic carbocycles. The highest BCUT2D eigenvalue weighted by molar-refractivity contribution is 9.09. The molecule has 0 aromatic carbocycles. The van der Waals surface area contributed by atoms with Crippen molar-refractivity contribution >= 4 is 36.1 Å². The van der Waals surface area contributed by atoms with Crippen LogP contribution < -0.4 is 5.32 Å². The second kappa shape index (κ2) is 9.55. The molecule has 0 saturated carbocycles. The van der Waals surface area contributed by atoms with Crippen LogP contribution in [-0.4, -0.2) is 43.7 Å². The van der Waals surface area contributed by atoms with Crippen LogP contribution in [0.2, 0.25) is 25.7 Å². The molecule has 0 unspecified atom stereocenters. The minimum Gasteiger partial charge on any atom is -0.458 e. The van der Waals surface area contributed by atoms with Crippen LogP contribution in [0.25, 0.3) is 0 Å². The van der Waals surface area contributed by atoms with Crippen LogP contribution >= 0.6 is 15.9 Å². The highest BCUT2D eigenvalue weighted by atomic mass is 79.9. The number of nitrogens with one attached hydrogen (secondary N) is 1. The number of rotatable bonds is 8. The van der Waals surface area contributed by atoms with Crippen molar-refractivity contribution in [1.29, 1.82) is 0 Å². The maximum atomic E-state index is 12.1. The molecule has 0 aromatic heterocycles. The summed E-state index contributed by atoms with van der Waals surface area (Å²) in [6.45, 7) is 12.5. The van der Waals surface area contributed by atoms with Crippen LogP contribution in [0.1, 0.15) is 33.6 Å². The topological polar surface area (TPSA) is 64.6 Å². The van der Waals surface area contributed by atoms with Gasteiger partial charge in [0, 0.05) is 13.4 Å². The fraction of sp³-hybridized carbons (Fsp3) is 0.867. The smallest absolute Gasteiger partial charge is 0.407 e. The summed E-state index contributed by atoms with van der Waals surface area (Å²) in [5.74, 6) is -0.421. The first-order chi connectivity index (χ1) is 9.94. The fourth-order valence-electron chi connectivity index (χ4n) is 1.54. The molecule has 1 amide bonds. The van der Waals surface area contributed by atoms with Gasteiger partial charge in [-0.15, -0.1) is 0 Å². The molecule has 0 radical (unpaired) electrons. The summed E-state index contributed by atoms with van der Waals surface area (Å²) in [5, 5.41) is 3.38. The Labute approximate surface area is 143 Å². The SMILES string of the molecule is CC(C)(C)OC(=O)[C@H](CCCBr)NC(=O)OCC[Si](C)(C)C. The molecule has 22 heavy (non-hydrogen) atoms. The molecule has 0 bridgehead atoms. The van der Waals surface area contributed by atoms with Crippen molar-refractivity contribution in [1.82, 2.24) is 5.32 Å². The highest BCUT2D eigenvalue weighted by Crippen LogP contribution is 2.12. The summed E-state index contributed by atoms with van der Waals surface area (Å²) in [7, 11) is -1.24. The van der Waals surface area contributed by atoms with Crippen molar-refractivity contribution in [2.45, 2.75) is 70.9 Å². The zero-order chi connectivity index (χ0) is 17.4. The third-order valence-electron chi connectivity index (χ3n) is 2.70. The molecule has 0 rings (SSSR count). The van der Waals surface area contributed by atoms with E-state index in [1.807, 2.05) is 0 Å². The Kier molecular flexibility index (Phi) is 9.30. The summed E-state index contributed by atoms with van der Waals surface area (Å²) >= 11 is 3.33. The lowest BCUT2D eigenvalue weighted by Crippen LogP contribution is -2.44. The second-order valence-electron chi connectivity index (χ2n) is 7.51. The molecule has 5 nitrogen and oxygen atoms in total. The quantitative estimate of drug-likeness (QED) is 0.384. The van der Waals surface area contributed by atoms with E-state index in [2.05, 4.69) is 40.9 Å². The summed E-state index contributed by atoms with van der Waals surface area (Å²) in [6.07, 6.45) is 0.728. The Morgan fingerprint density at radius 3 is 2.27 bits per heavy atom. The predicted molar refractivity (Wildman–Crippen MR) is 95.3 cm³/mol. The van der Waals surface area contributed by atoms with Gasteiger partial charge in [-0.25, -0.2) is 9.59 Å².